The van der Waals surface area contributed by atoms with E-state index in [4.69, 9.17) is 0 Å². The maximum atomic E-state index is 13.1. The number of carbonyl (C=O) groups is 2. The lowest BCUT2D eigenvalue weighted by Crippen LogP contribution is -2.54. The summed E-state index contributed by atoms with van der Waals surface area (Å²) in [4.78, 5) is 29.9. The Labute approximate surface area is 177 Å². The number of aromatic nitrogens is 1. The van der Waals surface area contributed by atoms with Gasteiger partial charge in [-0.05, 0) is 74.0 Å². The van der Waals surface area contributed by atoms with Crippen molar-refractivity contribution in [3.63, 3.8) is 0 Å². The number of pyridine rings is 1. The molecule has 0 unspecified atom stereocenters. The normalized spacial score (nSPS) is 29.7. The zero-order valence-electron chi connectivity index (χ0n) is 17.3. The lowest BCUT2D eigenvalue weighted by Gasteiger charge is -2.55. The summed E-state index contributed by atoms with van der Waals surface area (Å²) in [5.41, 5.74) is 1.53. The highest BCUT2D eigenvalue weighted by atomic mass is 16.2. The predicted molar refractivity (Wildman–Crippen MR) is 114 cm³/mol. The first-order valence-corrected chi connectivity index (χ1v) is 11.1. The van der Waals surface area contributed by atoms with Crippen LogP contribution in [0.25, 0.3) is 0 Å². The van der Waals surface area contributed by atoms with Gasteiger partial charge in [0.25, 0.3) is 5.91 Å². The molecule has 5 heteroatoms. The third-order valence-electron chi connectivity index (χ3n) is 7.27. The Hall–Kier alpha value is -2.69. The lowest BCUT2D eigenvalue weighted by molar-refractivity contribution is -0.147. The predicted octanol–water partition coefficient (Wildman–Crippen LogP) is 3.30. The van der Waals surface area contributed by atoms with E-state index in [1.807, 2.05) is 47.2 Å². The Balaban J connectivity index is 1.26. The Morgan fingerprint density at radius 2 is 1.57 bits per heavy atom. The summed E-state index contributed by atoms with van der Waals surface area (Å²) in [6.07, 6.45) is 8.85. The fourth-order valence-corrected chi connectivity index (χ4v) is 6.38. The van der Waals surface area contributed by atoms with Crippen LogP contribution in [0.15, 0.2) is 59.7 Å². The summed E-state index contributed by atoms with van der Waals surface area (Å²) < 4.78 is 1.95. The van der Waals surface area contributed by atoms with Gasteiger partial charge < -0.3 is 9.88 Å². The molecule has 0 radical (unpaired) electrons. The standard InChI is InChI=1S/C25H29N3O2/c29-23(27-22-8-4-5-9-28(22)17-18-6-2-1-3-7-18)16-26-24(30)25-13-19-10-20(14-25)12-21(11-19)15-25/h1-9,19-21H,10-17H2,(H,26,30). The van der Waals surface area contributed by atoms with E-state index in [0.29, 0.717) is 29.8 Å². The van der Waals surface area contributed by atoms with Crippen molar-refractivity contribution in [3.8, 4) is 0 Å². The monoisotopic (exact) mass is 403 g/mol. The fourth-order valence-electron chi connectivity index (χ4n) is 6.38. The van der Waals surface area contributed by atoms with Crippen LogP contribution in [0.3, 0.4) is 0 Å². The third kappa shape index (κ3) is 3.85. The van der Waals surface area contributed by atoms with E-state index >= 15 is 0 Å². The van der Waals surface area contributed by atoms with Crippen molar-refractivity contribution in [2.45, 2.75) is 45.1 Å². The molecule has 0 aliphatic heterocycles. The van der Waals surface area contributed by atoms with Crippen LogP contribution in [-0.2, 0) is 16.1 Å². The van der Waals surface area contributed by atoms with Crippen molar-refractivity contribution in [2.24, 2.45) is 28.2 Å². The molecule has 4 bridgehead atoms. The largest absolute Gasteiger partial charge is 0.346 e. The SMILES string of the molecule is O=C(CNC(=O)C12CC3CC(CC(C3)C1)C2)N=c1ccccn1Cc1ccccc1. The van der Waals surface area contributed by atoms with Gasteiger partial charge in [-0.2, -0.15) is 4.99 Å². The molecule has 4 fully saturated rings. The number of carbonyl (C=O) groups excluding carboxylic acids is 2. The third-order valence-corrected chi connectivity index (χ3v) is 7.27. The molecule has 2 aromatic rings. The van der Waals surface area contributed by atoms with Gasteiger partial charge in [-0.3, -0.25) is 9.59 Å². The number of benzene rings is 1. The van der Waals surface area contributed by atoms with Crippen molar-refractivity contribution in [3.05, 3.63) is 65.8 Å². The van der Waals surface area contributed by atoms with Crippen LogP contribution in [-0.4, -0.2) is 22.9 Å². The van der Waals surface area contributed by atoms with Crippen molar-refractivity contribution < 1.29 is 9.59 Å². The minimum Gasteiger partial charge on any atom is -0.346 e. The molecule has 5 nitrogen and oxygen atoms in total. The van der Waals surface area contributed by atoms with Crippen LogP contribution in [0.4, 0.5) is 0 Å². The van der Waals surface area contributed by atoms with E-state index in [2.05, 4.69) is 22.4 Å². The van der Waals surface area contributed by atoms with Gasteiger partial charge in [-0.15, -0.1) is 0 Å². The maximum absolute atomic E-state index is 13.1. The average Bonchev–Trinajstić information content (AvgIpc) is 2.73. The van der Waals surface area contributed by atoms with Gasteiger partial charge in [0.15, 0.2) is 0 Å². The quantitative estimate of drug-likeness (QED) is 0.833. The molecule has 1 heterocycles. The Morgan fingerprint density at radius 3 is 2.23 bits per heavy atom. The number of nitrogens with one attached hydrogen (secondary N) is 1. The van der Waals surface area contributed by atoms with Crippen LogP contribution in [0.5, 0.6) is 0 Å². The molecule has 6 rings (SSSR count). The van der Waals surface area contributed by atoms with E-state index < -0.39 is 0 Å². The summed E-state index contributed by atoms with van der Waals surface area (Å²) in [5.74, 6) is 1.91. The van der Waals surface area contributed by atoms with E-state index in [9.17, 15) is 9.59 Å². The molecule has 1 N–H and O–H groups in total. The highest BCUT2D eigenvalue weighted by molar-refractivity contribution is 5.88. The minimum absolute atomic E-state index is 0.0270. The zero-order valence-corrected chi connectivity index (χ0v) is 17.3. The maximum Gasteiger partial charge on any atom is 0.267 e. The number of nitrogens with zero attached hydrogens (tertiary/aromatic N) is 2. The minimum atomic E-state index is -0.305. The Kier molecular flexibility index (Phi) is 5.05. The summed E-state index contributed by atoms with van der Waals surface area (Å²) in [7, 11) is 0. The van der Waals surface area contributed by atoms with Gasteiger partial charge in [-0.1, -0.05) is 36.4 Å². The number of amides is 2. The molecule has 1 aromatic carbocycles. The molecule has 0 saturated heterocycles. The first kappa shape index (κ1) is 19.3. The molecule has 4 aliphatic rings. The molecule has 4 aliphatic carbocycles. The van der Waals surface area contributed by atoms with Gasteiger partial charge in [0.1, 0.15) is 5.49 Å². The number of hydrogen-bond acceptors (Lipinski definition) is 2. The summed E-state index contributed by atoms with van der Waals surface area (Å²) in [6.45, 7) is 0.619. The second-order valence-electron chi connectivity index (χ2n) is 9.56. The second-order valence-corrected chi connectivity index (χ2v) is 9.56. The zero-order chi connectivity index (χ0) is 20.6. The summed E-state index contributed by atoms with van der Waals surface area (Å²) in [5, 5.41) is 2.94. The van der Waals surface area contributed by atoms with Crippen LogP contribution >= 0.6 is 0 Å². The van der Waals surface area contributed by atoms with Crippen LogP contribution < -0.4 is 10.8 Å². The number of hydrogen-bond donors (Lipinski definition) is 1. The Morgan fingerprint density at radius 1 is 0.933 bits per heavy atom. The highest BCUT2D eigenvalue weighted by Gasteiger charge is 2.54. The summed E-state index contributed by atoms with van der Waals surface area (Å²) >= 11 is 0. The second kappa shape index (κ2) is 7.86. The van der Waals surface area contributed by atoms with Gasteiger partial charge in [0, 0.05) is 18.2 Å². The molecule has 30 heavy (non-hydrogen) atoms. The van der Waals surface area contributed by atoms with E-state index in [1.165, 1.54) is 19.3 Å². The molecule has 4 saturated carbocycles. The first-order valence-electron chi connectivity index (χ1n) is 11.1. The van der Waals surface area contributed by atoms with E-state index in [1.54, 1.807) is 0 Å². The van der Waals surface area contributed by atoms with Crippen molar-refractivity contribution in [1.29, 1.82) is 0 Å². The van der Waals surface area contributed by atoms with Gasteiger partial charge >= 0.3 is 0 Å². The van der Waals surface area contributed by atoms with Gasteiger partial charge in [-0.25, -0.2) is 0 Å². The molecule has 2 amide bonds. The van der Waals surface area contributed by atoms with E-state index in [0.717, 1.165) is 24.8 Å². The van der Waals surface area contributed by atoms with Crippen LogP contribution in [0.1, 0.15) is 44.1 Å². The van der Waals surface area contributed by atoms with E-state index in [-0.39, 0.29) is 23.8 Å². The molecule has 0 atom stereocenters. The molecular formula is C25H29N3O2. The number of rotatable bonds is 5. The van der Waals surface area contributed by atoms with Crippen molar-refractivity contribution in [1.82, 2.24) is 9.88 Å². The van der Waals surface area contributed by atoms with Gasteiger partial charge in [0.05, 0.1) is 6.54 Å². The van der Waals surface area contributed by atoms with Crippen LogP contribution in [0.2, 0.25) is 0 Å². The highest BCUT2D eigenvalue weighted by Crippen LogP contribution is 2.60. The average molecular weight is 404 g/mol. The van der Waals surface area contributed by atoms with Gasteiger partial charge in [0.2, 0.25) is 5.91 Å². The van der Waals surface area contributed by atoms with Crippen molar-refractivity contribution >= 4 is 11.8 Å². The lowest BCUT2D eigenvalue weighted by atomic mass is 9.49. The van der Waals surface area contributed by atoms with Crippen molar-refractivity contribution in [2.75, 3.05) is 6.54 Å². The molecule has 156 valence electrons. The first-order chi connectivity index (χ1) is 14.6. The molecular weight excluding hydrogens is 374 g/mol. The van der Waals surface area contributed by atoms with Crippen LogP contribution in [0, 0.1) is 23.2 Å². The Bertz CT molecular complexity index is 973. The fraction of sp³-hybridized carbons (Fsp3) is 0.480. The smallest absolute Gasteiger partial charge is 0.267 e. The molecule has 1 aromatic heterocycles. The summed E-state index contributed by atoms with van der Waals surface area (Å²) in [6, 6.07) is 15.7. The topological polar surface area (TPSA) is 63.5 Å². The molecule has 0 spiro atoms.